The van der Waals surface area contributed by atoms with Crippen LogP contribution in [0.2, 0.25) is 0 Å². The molecule has 4 nitrogen and oxygen atoms in total. The van der Waals surface area contributed by atoms with Crippen LogP contribution < -0.4 is 0 Å². The van der Waals surface area contributed by atoms with Gasteiger partial charge in [-0.05, 0) is 25.1 Å². The zero-order valence-corrected chi connectivity index (χ0v) is 8.90. The molecule has 0 saturated carbocycles. The van der Waals surface area contributed by atoms with Crippen molar-refractivity contribution in [2.24, 2.45) is 0 Å². The third-order valence-corrected chi connectivity index (χ3v) is 2.36. The van der Waals surface area contributed by atoms with Crippen molar-refractivity contribution in [3.63, 3.8) is 0 Å². The zero-order chi connectivity index (χ0) is 12.6. The molecule has 1 heterocycles. The van der Waals surface area contributed by atoms with Crippen molar-refractivity contribution in [1.29, 1.82) is 0 Å². The predicted molar refractivity (Wildman–Crippen MR) is 58.7 cm³/mol. The number of fused-ring (bicyclic) bond motifs is 1. The summed E-state index contributed by atoms with van der Waals surface area (Å²) in [5.41, 5.74) is -0.111. The van der Waals surface area contributed by atoms with Crippen molar-refractivity contribution < 1.29 is 19.1 Å². The van der Waals surface area contributed by atoms with E-state index >= 15 is 0 Å². The minimum atomic E-state index is -1.30. The average Bonchev–Trinajstić information content (AvgIpc) is 2.26. The van der Waals surface area contributed by atoms with Gasteiger partial charge in [-0.1, -0.05) is 0 Å². The summed E-state index contributed by atoms with van der Waals surface area (Å²) in [4.78, 5) is 26.0. The van der Waals surface area contributed by atoms with Gasteiger partial charge >= 0.3 is 5.97 Å². The van der Waals surface area contributed by atoms with Gasteiger partial charge in [-0.3, -0.25) is 4.79 Å². The van der Waals surface area contributed by atoms with E-state index in [0.29, 0.717) is 5.39 Å². The highest BCUT2D eigenvalue weighted by molar-refractivity contribution is 6.06. The summed E-state index contributed by atoms with van der Waals surface area (Å²) in [5, 5.41) is 9.46. The molecule has 0 saturated heterocycles. The van der Waals surface area contributed by atoms with Crippen molar-refractivity contribution in [3.05, 3.63) is 41.3 Å². The van der Waals surface area contributed by atoms with E-state index in [1.165, 1.54) is 25.1 Å². The molecule has 0 amide bonds. The second-order valence-corrected chi connectivity index (χ2v) is 3.58. The number of nitrogens with zero attached hydrogens (tertiary/aromatic N) is 1. The summed E-state index contributed by atoms with van der Waals surface area (Å²) >= 11 is 0. The molecule has 0 bridgehead atoms. The maximum atomic E-state index is 13.0. The molecule has 0 unspecified atom stereocenters. The number of carbonyl (C=O) groups is 2. The summed E-state index contributed by atoms with van der Waals surface area (Å²) < 4.78 is 13.0. The van der Waals surface area contributed by atoms with Crippen LogP contribution in [0.25, 0.3) is 10.9 Å². The lowest BCUT2D eigenvalue weighted by atomic mass is 10.1. The van der Waals surface area contributed by atoms with Crippen LogP contribution in [0.4, 0.5) is 4.39 Å². The number of pyridine rings is 1. The topological polar surface area (TPSA) is 67.3 Å². The van der Waals surface area contributed by atoms with Gasteiger partial charge in [0, 0.05) is 11.5 Å². The van der Waals surface area contributed by atoms with E-state index in [4.69, 9.17) is 5.11 Å². The smallest absolute Gasteiger partial charge is 0.355 e. The summed E-state index contributed by atoms with van der Waals surface area (Å²) in [6, 6.07) is 5.23. The maximum absolute atomic E-state index is 13.0. The van der Waals surface area contributed by atoms with Crippen molar-refractivity contribution >= 4 is 22.7 Å². The number of benzene rings is 1. The molecule has 86 valence electrons. The molecule has 0 aliphatic rings. The van der Waals surface area contributed by atoms with Gasteiger partial charge in [-0.2, -0.15) is 0 Å². The lowest BCUT2D eigenvalue weighted by Crippen LogP contribution is -2.09. The lowest BCUT2D eigenvalue weighted by molar-refractivity contribution is 0.0686. The first-order valence-corrected chi connectivity index (χ1v) is 4.83. The highest BCUT2D eigenvalue weighted by Crippen LogP contribution is 2.18. The summed E-state index contributed by atoms with van der Waals surface area (Å²) in [6.45, 7) is 1.26. The Hall–Kier alpha value is -2.30. The van der Waals surface area contributed by atoms with Crippen LogP contribution in [0.5, 0.6) is 0 Å². The molecule has 2 rings (SSSR count). The number of hydrogen-bond donors (Lipinski definition) is 1. The van der Waals surface area contributed by atoms with Gasteiger partial charge < -0.3 is 5.11 Å². The van der Waals surface area contributed by atoms with Gasteiger partial charge in [0.25, 0.3) is 0 Å². The summed E-state index contributed by atoms with van der Waals surface area (Å²) in [7, 11) is 0. The Balaban J connectivity index is 2.81. The second kappa shape index (κ2) is 3.93. The minimum Gasteiger partial charge on any atom is -0.476 e. The van der Waals surface area contributed by atoms with Crippen LogP contribution in [0.1, 0.15) is 27.8 Å². The Kier molecular flexibility index (Phi) is 2.59. The lowest BCUT2D eigenvalue weighted by Gasteiger charge is -2.04. The Morgan fingerprint density at radius 3 is 2.59 bits per heavy atom. The van der Waals surface area contributed by atoms with Gasteiger partial charge in [0.05, 0.1) is 11.1 Å². The largest absolute Gasteiger partial charge is 0.476 e. The summed E-state index contributed by atoms with van der Waals surface area (Å²) in [6.07, 6.45) is 0. The van der Waals surface area contributed by atoms with Crippen molar-refractivity contribution in [2.45, 2.75) is 6.92 Å². The van der Waals surface area contributed by atoms with Crippen molar-refractivity contribution in [3.8, 4) is 0 Å². The second-order valence-electron chi connectivity index (χ2n) is 3.58. The highest BCUT2D eigenvalue weighted by atomic mass is 19.1. The van der Waals surface area contributed by atoms with Crippen LogP contribution in [0.15, 0.2) is 24.3 Å². The number of carboxylic acids is 1. The molecule has 0 atom stereocenters. The minimum absolute atomic E-state index is 0.0246. The Morgan fingerprint density at radius 1 is 1.29 bits per heavy atom. The molecule has 0 radical (unpaired) electrons. The number of Topliss-reactive ketones (excluding diaryl/α,β-unsaturated/α-hetero) is 1. The predicted octanol–water partition coefficient (Wildman–Crippen LogP) is 2.27. The standard InChI is InChI=1S/C12H8FNO3/c1-6(15)9-4-7-2-3-8(13)5-10(7)14-11(9)12(16)17/h2-5H,1H3,(H,16,17). The molecule has 0 aliphatic carbocycles. The first-order valence-electron chi connectivity index (χ1n) is 4.83. The molecular weight excluding hydrogens is 225 g/mol. The molecular formula is C12H8FNO3. The quantitative estimate of drug-likeness (QED) is 0.808. The SMILES string of the molecule is CC(=O)c1cc2ccc(F)cc2nc1C(=O)O. The molecule has 0 spiro atoms. The molecule has 1 aromatic heterocycles. The molecule has 17 heavy (non-hydrogen) atoms. The van der Waals surface area contributed by atoms with Gasteiger partial charge in [-0.15, -0.1) is 0 Å². The number of rotatable bonds is 2. The Labute approximate surface area is 95.7 Å². The highest BCUT2D eigenvalue weighted by Gasteiger charge is 2.16. The van der Waals surface area contributed by atoms with E-state index in [9.17, 15) is 14.0 Å². The molecule has 1 aromatic carbocycles. The van der Waals surface area contributed by atoms with E-state index in [-0.39, 0.29) is 22.6 Å². The van der Waals surface area contributed by atoms with Crippen LogP contribution >= 0.6 is 0 Å². The van der Waals surface area contributed by atoms with Crippen molar-refractivity contribution in [2.75, 3.05) is 0 Å². The molecule has 5 heteroatoms. The Morgan fingerprint density at radius 2 is 2.00 bits per heavy atom. The van der Waals surface area contributed by atoms with Crippen LogP contribution in [-0.4, -0.2) is 21.8 Å². The number of halogens is 1. The third kappa shape index (κ3) is 1.99. The number of aromatic nitrogens is 1. The summed E-state index contributed by atoms with van der Waals surface area (Å²) in [5.74, 6) is -2.19. The maximum Gasteiger partial charge on any atom is 0.355 e. The van der Waals surface area contributed by atoms with Crippen LogP contribution in [-0.2, 0) is 0 Å². The molecule has 0 aliphatic heterocycles. The van der Waals surface area contributed by atoms with E-state index < -0.39 is 11.8 Å². The number of aromatic carboxylic acids is 1. The molecule has 2 aromatic rings. The monoisotopic (exact) mass is 233 g/mol. The van der Waals surface area contributed by atoms with E-state index in [1.807, 2.05) is 0 Å². The van der Waals surface area contributed by atoms with E-state index in [2.05, 4.69) is 4.98 Å². The fourth-order valence-corrected chi connectivity index (χ4v) is 1.57. The fourth-order valence-electron chi connectivity index (χ4n) is 1.57. The van der Waals surface area contributed by atoms with Gasteiger partial charge in [0.1, 0.15) is 5.82 Å². The third-order valence-electron chi connectivity index (χ3n) is 2.36. The van der Waals surface area contributed by atoms with Gasteiger partial charge in [-0.25, -0.2) is 14.2 Å². The number of ketones is 1. The first-order chi connectivity index (χ1) is 7.99. The van der Waals surface area contributed by atoms with Crippen molar-refractivity contribution in [1.82, 2.24) is 4.98 Å². The van der Waals surface area contributed by atoms with Gasteiger partial charge in [0.15, 0.2) is 11.5 Å². The fraction of sp³-hybridized carbons (Fsp3) is 0.0833. The average molecular weight is 233 g/mol. The normalized spacial score (nSPS) is 10.5. The zero-order valence-electron chi connectivity index (χ0n) is 8.90. The number of carbonyl (C=O) groups excluding carboxylic acids is 1. The van der Waals surface area contributed by atoms with Gasteiger partial charge in [0.2, 0.25) is 0 Å². The van der Waals surface area contributed by atoms with Crippen LogP contribution in [0.3, 0.4) is 0 Å². The molecule has 0 fully saturated rings. The Bertz CT molecular complexity index is 637. The van der Waals surface area contributed by atoms with Crippen LogP contribution in [0, 0.1) is 5.82 Å². The number of carboxylic acid groups (broad SMARTS) is 1. The first kappa shape index (κ1) is 11.2. The molecule has 1 N–H and O–H groups in total. The number of hydrogen-bond acceptors (Lipinski definition) is 3. The van der Waals surface area contributed by atoms with E-state index in [1.54, 1.807) is 0 Å². The van der Waals surface area contributed by atoms with E-state index in [0.717, 1.165) is 6.07 Å².